The molecule has 0 atom stereocenters. The van der Waals surface area contributed by atoms with Gasteiger partial charge in [0.1, 0.15) is 113 Å². The molecule has 0 fully saturated rings. The molecule has 0 aliphatic carbocycles. The first-order chi connectivity index (χ1) is 30.7. The summed E-state index contributed by atoms with van der Waals surface area (Å²) in [6.45, 7) is 0. The maximum absolute atomic E-state index is 7.00. The van der Waals surface area contributed by atoms with Gasteiger partial charge < -0.3 is 13.6 Å². The van der Waals surface area contributed by atoms with Crippen LogP contribution in [0, 0.1) is 0 Å². The number of aromatic nitrogens is 2. The van der Waals surface area contributed by atoms with Gasteiger partial charge in [-0.3, -0.25) is 0 Å². The highest BCUT2D eigenvalue weighted by atomic mass is 16.3. The molecule has 0 unspecified atom stereocenters. The van der Waals surface area contributed by atoms with E-state index in [0.717, 1.165) is 60.2 Å². The monoisotopic (exact) mass is 780 g/mol. The van der Waals surface area contributed by atoms with Crippen LogP contribution in [0.1, 0.15) is 0 Å². The standard InChI is InChI=1S/C48H17B13N2O/c49-35-30(36(50)41(55)38(52)33(35)34-39(53)43(57)45(59)44(58)40(34)54)18-12-15-28-23(16-18)31-27(10-5-11-29(31)64-28)63-24-8-3-1-6-20(24)22-17-19(13-14-26(22)63)62-25-9-4-2-7-21(25)32-37(51)42(56)46(60)47(61)48(32)62/h1-17H. The van der Waals surface area contributed by atoms with Crippen LogP contribution in [-0.2, 0) is 0 Å². The average molecular weight is 778 g/mol. The van der Waals surface area contributed by atoms with Gasteiger partial charge in [0.25, 0.3) is 0 Å². The highest BCUT2D eigenvalue weighted by Crippen LogP contribution is 2.41. The van der Waals surface area contributed by atoms with Crippen molar-refractivity contribution in [1.29, 1.82) is 0 Å². The zero-order valence-corrected chi connectivity index (χ0v) is 34.1. The Balaban J connectivity index is 1.15. The van der Waals surface area contributed by atoms with Crippen molar-refractivity contribution in [2.24, 2.45) is 0 Å². The fourth-order valence-corrected chi connectivity index (χ4v) is 9.63. The summed E-state index contributed by atoms with van der Waals surface area (Å²) in [7, 11) is 84.9. The lowest BCUT2D eigenvalue weighted by Gasteiger charge is -2.28. The molecule has 8 aromatic carbocycles. The normalized spacial score (nSPS) is 11.9. The Hall–Kier alpha value is -6.00. The SMILES string of the molecule is [B]c1c([B])c([B])c(-c2c([B])c([B])c([B])c(-c3ccc4oc5cccc(-n6c7ccccc7c7cc(-n8c9ccccc9c9c([B])c([B])c([B])c([B])c98)ccc76)c5c4c3)c2[B])c([B])c1[B]. The zero-order valence-electron chi connectivity index (χ0n) is 34.1. The molecule has 3 heterocycles. The van der Waals surface area contributed by atoms with Crippen LogP contribution in [0.4, 0.5) is 0 Å². The predicted molar refractivity (Wildman–Crippen MR) is 283 cm³/mol. The lowest BCUT2D eigenvalue weighted by atomic mass is 9.56. The van der Waals surface area contributed by atoms with Gasteiger partial charge in [-0.05, 0) is 82.2 Å². The molecule has 0 N–H and O–H groups in total. The van der Waals surface area contributed by atoms with E-state index >= 15 is 0 Å². The van der Waals surface area contributed by atoms with Gasteiger partial charge in [-0.15, -0.1) is 32.8 Å². The summed E-state index contributed by atoms with van der Waals surface area (Å²) >= 11 is 0. The zero-order chi connectivity index (χ0) is 44.8. The summed E-state index contributed by atoms with van der Waals surface area (Å²) in [6, 6.07) is 34.2. The fourth-order valence-electron chi connectivity index (χ4n) is 9.63. The minimum absolute atomic E-state index is 0.0370. The van der Waals surface area contributed by atoms with Crippen LogP contribution in [0.5, 0.6) is 0 Å². The van der Waals surface area contributed by atoms with Gasteiger partial charge >= 0.3 is 0 Å². The first-order valence-electron chi connectivity index (χ1n) is 20.1. The first kappa shape index (κ1) is 40.8. The molecular weight excluding hydrogens is 761 g/mol. The van der Waals surface area contributed by atoms with Gasteiger partial charge in [-0.1, -0.05) is 86.8 Å². The molecule has 26 radical (unpaired) electrons. The van der Waals surface area contributed by atoms with E-state index in [0.29, 0.717) is 38.7 Å². The Morgan fingerprint density at radius 1 is 0.328 bits per heavy atom. The second-order valence-electron chi connectivity index (χ2n) is 16.1. The third-order valence-corrected chi connectivity index (χ3v) is 12.8. The molecule has 11 aromatic rings. The van der Waals surface area contributed by atoms with Crippen LogP contribution in [0.3, 0.4) is 0 Å². The number of para-hydroxylation sites is 2. The molecule has 0 aliphatic rings. The Labute approximate surface area is 386 Å². The summed E-state index contributed by atoms with van der Waals surface area (Å²) in [4.78, 5) is 0. The number of hydrogen-bond acceptors (Lipinski definition) is 1. The molecule has 0 spiro atoms. The summed E-state index contributed by atoms with van der Waals surface area (Å²) in [5.41, 5.74) is 9.93. The van der Waals surface area contributed by atoms with E-state index in [1.165, 1.54) is 0 Å². The topological polar surface area (TPSA) is 23.0 Å². The number of benzene rings is 8. The van der Waals surface area contributed by atoms with E-state index in [4.69, 9.17) is 106 Å². The Morgan fingerprint density at radius 3 is 1.58 bits per heavy atom. The van der Waals surface area contributed by atoms with Gasteiger partial charge in [0.05, 0.1) is 27.6 Å². The van der Waals surface area contributed by atoms with E-state index in [1.807, 2.05) is 66.7 Å². The van der Waals surface area contributed by atoms with Crippen LogP contribution in [0.2, 0.25) is 0 Å². The molecule has 64 heavy (non-hydrogen) atoms. The molecule has 11 rings (SSSR count). The fraction of sp³-hybridized carbons (Fsp3) is 0. The molecular formula is C48H17B13N2O. The summed E-state index contributed by atoms with van der Waals surface area (Å²) in [6.07, 6.45) is 0. The van der Waals surface area contributed by atoms with Gasteiger partial charge in [0.15, 0.2) is 0 Å². The molecule has 0 aliphatic heterocycles. The predicted octanol–water partition coefficient (Wildman–Crippen LogP) is -2.57. The molecule has 3 nitrogen and oxygen atoms in total. The molecule has 16 heteroatoms. The Morgan fingerprint density at radius 2 is 0.875 bits per heavy atom. The average Bonchev–Trinajstić information content (AvgIpc) is 3.97. The minimum Gasteiger partial charge on any atom is -0.456 e. The summed E-state index contributed by atoms with van der Waals surface area (Å²) < 4.78 is 10.9. The second-order valence-corrected chi connectivity index (χ2v) is 16.1. The number of rotatable bonds is 4. The first-order valence-corrected chi connectivity index (χ1v) is 20.1. The van der Waals surface area contributed by atoms with E-state index in [9.17, 15) is 0 Å². The van der Waals surface area contributed by atoms with E-state index in [2.05, 4.69) is 45.5 Å². The van der Waals surface area contributed by atoms with Crippen LogP contribution >= 0.6 is 0 Å². The molecule has 0 bridgehead atoms. The molecule has 0 saturated heterocycles. The van der Waals surface area contributed by atoms with Crippen molar-refractivity contribution in [3.8, 4) is 33.6 Å². The summed E-state index contributed by atoms with van der Waals surface area (Å²) in [5, 5.41) is 5.30. The quantitative estimate of drug-likeness (QED) is 0.181. The van der Waals surface area contributed by atoms with Crippen LogP contribution in [0.15, 0.2) is 108 Å². The van der Waals surface area contributed by atoms with E-state index < -0.39 is 0 Å². The molecule has 3 aromatic heterocycles. The molecule has 0 saturated carbocycles. The lowest BCUT2D eigenvalue weighted by molar-refractivity contribution is 0.669. The number of fused-ring (bicyclic) bond motifs is 9. The Bertz CT molecular complexity index is 3870. The van der Waals surface area contributed by atoms with Gasteiger partial charge in [-0.25, -0.2) is 0 Å². The third-order valence-electron chi connectivity index (χ3n) is 12.8. The highest BCUT2D eigenvalue weighted by molar-refractivity contribution is 6.71. The summed E-state index contributed by atoms with van der Waals surface area (Å²) in [5.74, 6) is 0. The second kappa shape index (κ2) is 14.5. The molecule has 0 amide bonds. The van der Waals surface area contributed by atoms with Crippen molar-refractivity contribution in [2.75, 3.05) is 0 Å². The van der Waals surface area contributed by atoms with Crippen molar-refractivity contribution in [1.82, 2.24) is 9.13 Å². The van der Waals surface area contributed by atoms with Crippen molar-refractivity contribution in [3.63, 3.8) is 0 Å². The van der Waals surface area contributed by atoms with Gasteiger partial charge in [0.2, 0.25) is 0 Å². The number of nitrogens with zero attached hydrogens (tertiary/aromatic N) is 2. The third kappa shape index (κ3) is 5.47. The van der Waals surface area contributed by atoms with Gasteiger partial charge in [-0.2, -0.15) is 0 Å². The maximum atomic E-state index is 7.00. The number of furan rings is 1. The van der Waals surface area contributed by atoms with Crippen molar-refractivity contribution in [3.05, 3.63) is 103 Å². The van der Waals surface area contributed by atoms with Crippen molar-refractivity contribution in [2.45, 2.75) is 0 Å². The number of hydrogen-bond donors (Lipinski definition) is 0. The van der Waals surface area contributed by atoms with E-state index in [-0.39, 0.29) is 71.2 Å². The lowest BCUT2D eigenvalue weighted by Crippen LogP contribution is -2.57. The largest absolute Gasteiger partial charge is 0.456 e. The van der Waals surface area contributed by atoms with Crippen LogP contribution in [-0.4, -0.2) is 111 Å². The van der Waals surface area contributed by atoms with Crippen molar-refractivity contribution >= 4 is 239 Å². The minimum atomic E-state index is 0.0370. The highest BCUT2D eigenvalue weighted by Gasteiger charge is 2.24. The van der Waals surface area contributed by atoms with Crippen LogP contribution < -0.4 is 71.0 Å². The van der Waals surface area contributed by atoms with Crippen molar-refractivity contribution < 1.29 is 4.42 Å². The molecule has 264 valence electrons. The Kier molecular flexibility index (Phi) is 9.24. The smallest absolute Gasteiger partial charge is 0.137 e. The maximum Gasteiger partial charge on any atom is 0.137 e. The van der Waals surface area contributed by atoms with Crippen LogP contribution in [0.25, 0.3) is 99.2 Å². The van der Waals surface area contributed by atoms with E-state index in [1.54, 1.807) is 0 Å². The van der Waals surface area contributed by atoms with Gasteiger partial charge in [0, 0.05) is 32.7 Å².